The fraction of sp³-hybridized carbons (Fsp3) is 0.500. The lowest BCUT2D eigenvalue weighted by Gasteiger charge is -2.21. The van der Waals surface area contributed by atoms with Crippen LogP contribution >= 0.6 is 11.6 Å². The predicted molar refractivity (Wildman–Crippen MR) is 72.5 cm³/mol. The largest absolute Gasteiger partial charge is 0.479 e. The topological polar surface area (TPSA) is 46.5 Å². The monoisotopic (exact) mass is 270 g/mol. The van der Waals surface area contributed by atoms with Crippen LogP contribution in [0.15, 0.2) is 18.2 Å². The first-order valence-corrected chi connectivity index (χ1v) is 6.33. The van der Waals surface area contributed by atoms with E-state index in [1.165, 1.54) is 0 Å². The maximum atomic E-state index is 10.9. The third-order valence-corrected chi connectivity index (χ3v) is 3.01. The lowest BCUT2D eigenvalue weighted by atomic mass is 9.87. The maximum absolute atomic E-state index is 10.9. The van der Waals surface area contributed by atoms with Gasteiger partial charge in [-0.1, -0.05) is 45.4 Å². The molecule has 0 saturated carbocycles. The van der Waals surface area contributed by atoms with Gasteiger partial charge in [-0.25, -0.2) is 4.79 Å². The quantitative estimate of drug-likeness (QED) is 0.903. The Kier molecular flexibility index (Phi) is 4.63. The minimum atomic E-state index is -0.978. The molecule has 18 heavy (non-hydrogen) atoms. The van der Waals surface area contributed by atoms with Crippen LogP contribution in [0.1, 0.15) is 39.7 Å². The van der Waals surface area contributed by atoms with Crippen molar-refractivity contribution in [3.05, 3.63) is 28.8 Å². The molecule has 100 valence electrons. The molecule has 1 aromatic carbocycles. The van der Waals surface area contributed by atoms with E-state index in [1.807, 2.05) is 12.1 Å². The molecule has 0 aromatic heterocycles. The van der Waals surface area contributed by atoms with Gasteiger partial charge in [-0.15, -0.1) is 0 Å². The van der Waals surface area contributed by atoms with Gasteiger partial charge in [0.25, 0.3) is 0 Å². The van der Waals surface area contributed by atoms with Crippen molar-refractivity contribution in [1.29, 1.82) is 0 Å². The zero-order valence-electron chi connectivity index (χ0n) is 11.2. The summed E-state index contributed by atoms with van der Waals surface area (Å²) in [6.45, 7) is 8.03. The average Bonchev–Trinajstić information content (AvgIpc) is 2.25. The molecule has 1 atom stereocenters. The summed E-state index contributed by atoms with van der Waals surface area (Å²) in [5.74, 6) is -0.563. The minimum absolute atomic E-state index is 0.000867. The van der Waals surface area contributed by atoms with Gasteiger partial charge in [0, 0.05) is 0 Å². The third kappa shape index (κ3) is 3.64. The van der Waals surface area contributed by atoms with Crippen molar-refractivity contribution >= 4 is 17.6 Å². The van der Waals surface area contributed by atoms with Gasteiger partial charge >= 0.3 is 5.97 Å². The van der Waals surface area contributed by atoms with Crippen LogP contribution in [0.5, 0.6) is 5.75 Å². The molecule has 1 unspecified atom stereocenters. The van der Waals surface area contributed by atoms with Gasteiger partial charge in [0.1, 0.15) is 5.75 Å². The molecule has 4 heteroatoms. The van der Waals surface area contributed by atoms with Crippen molar-refractivity contribution in [3.63, 3.8) is 0 Å². The molecule has 0 spiro atoms. The van der Waals surface area contributed by atoms with Gasteiger partial charge in [0.2, 0.25) is 0 Å². The number of ether oxygens (including phenoxy) is 1. The first-order valence-electron chi connectivity index (χ1n) is 5.95. The number of carboxylic acids is 1. The van der Waals surface area contributed by atoms with Crippen molar-refractivity contribution < 1.29 is 14.6 Å². The number of halogens is 1. The Hall–Kier alpha value is -1.22. The summed E-state index contributed by atoms with van der Waals surface area (Å²) < 4.78 is 5.39. The van der Waals surface area contributed by atoms with Crippen molar-refractivity contribution in [1.82, 2.24) is 0 Å². The lowest BCUT2D eigenvalue weighted by Crippen LogP contribution is -2.26. The highest BCUT2D eigenvalue weighted by Crippen LogP contribution is 2.31. The molecule has 0 aliphatic carbocycles. The summed E-state index contributed by atoms with van der Waals surface area (Å²) in [5, 5.41) is 9.39. The van der Waals surface area contributed by atoms with Crippen molar-refractivity contribution in [2.24, 2.45) is 0 Å². The maximum Gasteiger partial charge on any atom is 0.344 e. The van der Waals surface area contributed by atoms with Crippen molar-refractivity contribution in [2.45, 2.75) is 45.6 Å². The van der Waals surface area contributed by atoms with E-state index in [2.05, 4.69) is 20.8 Å². The number of carbonyl (C=O) groups is 1. The fourth-order valence-electron chi connectivity index (χ4n) is 1.52. The van der Waals surface area contributed by atoms with Crippen molar-refractivity contribution in [3.8, 4) is 5.75 Å². The normalized spacial score (nSPS) is 13.2. The summed E-state index contributed by atoms with van der Waals surface area (Å²) in [5.41, 5.74) is 1.09. The molecule has 0 amide bonds. The molecule has 1 aromatic rings. The first kappa shape index (κ1) is 14.8. The van der Waals surface area contributed by atoms with Crippen molar-refractivity contribution in [2.75, 3.05) is 0 Å². The number of hydrogen-bond donors (Lipinski definition) is 1. The number of benzene rings is 1. The number of carboxylic acid groups (broad SMARTS) is 1. The van der Waals surface area contributed by atoms with E-state index >= 15 is 0 Å². The molecule has 0 fully saturated rings. The van der Waals surface area contributed by atoms with Crippen LogP contribution in [0.3, 0.4) is 0 Å². The van der Waals surface area contributed by atoms with E-state index in [-0.39, 0.29) is 5.41 Å². The number of rotatable bonds is 4. The molecule has 0 aliphatic rings. The lowest BCUT2D eigenvalue weighted by molar-refractivity contribution is -0.145. The van der Waals surface area contributed by atoms with E-state index < -0.39 is 12.1 Å². The van der Waals surface area contributed by atoms with Crippen LogP contribution in [-0.4, -0.2) is 17.2 Å². The van der Waals surface area contributed by atoms with E-state index in [0.717, 1.165) is 5.56 Å². The van der Waals surface area contributed by atoms with Gasteiger partial charge in [-0.05, 0) is 29.5 Å². The van der Waals surface area contributed by atoms with Gasteiger partial charge in [0.05, 0.1) is 5.02 Å². The molecular weight excluding hydrogens is 252 g/mol. The second kappa shape index (κ2) is 5.61. The van der Waals surface area contributed by atoms with Gasteiger partial charge < -0.3 is 9.84 Å². The van der Waals surface area contributed by atoms with E-state index in [0.29, 0.717) is 17.2 Å². The summed E-state index contributed by atoms with van der Waals surface area (Å²) in [6, 6.07) is 5.47. The van der Waals surface area contributed by atoms with E-state index in [1.54, 1.807) is 13.0 Å². The second-order valence-electron chi connectivity index (χ2n) is 5.25. The molecular formula is C14H19ClO3. The molecule has 1 N–H and O–H groups in total. The standard InChI is InChI=1S/C14H19ClO3/c1-5-11(13(16)17)18-12-7-6-9(8-10(12)15)14(2,3)4/h6-8,11H,5H2,1-4H3,(H,16,17). The SMILES string of the molecule is CCC(Oc1ccc(C(C)(C)C)cc1Cl)C(=O)O. The molecule has 0 bridgehead atoms. The zero-order chi connectivity index (χ0) is 13.9. The number of hydrogen-bond acceptors (Lipinski definition) is 2. The van der Waals surface area contributed by atoms with Crippen LogP contribution in [-0.2, 0) is 10.2 Å². The predicted octanol–water partition coefficient (Wildman–Crippen LogP) is 3.88. The summed E-state index contributed by atoms with van der Waals surface area (Å²) >= 11 is 6.12. The van der Waals surface area contributed by atoms with Gasteiger partial charge in [0.15, 0.2) is 6.10 Å². The Bertz CT molecular complexity index is 435. The highest BCUT2D eigenvalue weighted by atomic mass is 35.5. The van der Waals surface area contributed by atoms with Crippen LogP contribution in [0, 0.1) is 0 Å². The third-order valence-electron chi connectivity index (χ3n) is 2.71. The molecule has 0 saturated heterocycles. The number of aliphatic carboxylic acids is 1. The Morgan fingerprint density at radius 2 is 2.06 bits per heavy atom. The molecule has 0 heterocycles. The van der Waals surface area contributed by atoms with Crippen LogP contribution < -0.4 is 4.74 Å². The smallest absolute Gasteiger partial charge is 0.344 e. The van der Waals surface area contributed by atoms with E-state index in [4.69, 9.17) is 21.4 Å². The molecule has 0 aliphatic heterocycles. The Labute approximate surface area is 113 Å². The van der Waals surface area contributed by atoms with Gasteiger partial charge in [-0.2, -0.15) is 0 Å². The Morgan fingerprint density at radius 1 is 1.44 bits per heavy atom. The Morgan fingerprint density at radius 3 is 2.44 bits per heavy atom. The van der Waals surface area contributed by atoms with Crippen LogP contribution in [0.2, 0.25) is 5.02 Å². The second-order valence-corrected chi connectivity index (χ2v) is 5.66. The van der Waals surface area contributed by atoms with Gasteiger partial charge in [-0.3, -0.25) is 0 Å². The molecule has 0 radical (unpaired) electrons. The highest BCUT2D eigenvalue weighted by Gasteiger charge is 2.20. The minimum Gasteiger partial charge on any atom is -0.479 e. The Balaban J connectivity index is 2.96. The molecule has 3 nitrogen and oxygen atoms in total. The summed E-state index contributed by atoms with van der Waals surface area (Å²) in [6.07, 6.45) is -0.463. The van der Waals surface area contributed by atoms with E-state index in [9.17, 15) is 4.79 Å². The zero-order valence-corrected chi connectivity index (χ0v) is 11.9. The fourth-order valence-corrected chi connectivity index (χ4v) is 1.75. The van der Waals surface area contributed by atoms with Crippen LogP contribution in [0.4, 0.5) is 0 Å². The first-order chi connectivity index (χ1) is 8.25. The summed E-state index contributed by atoms with van der Waals surface area (Å²) in [7, 11) is 0. The molecule has 1 rings (SSSR count). The summed E-state index contributed by atoms with van der Waals surface area (Å²) in [4.78, 5) is 10.9. The average molecular weight is 271 g/mol. The van der Waals surface area contributed by atoms with Crippen LogP contribution in [0.25, 0.3) is 0 Å². The highest BCUT2D eigenvalue weighted by molar-refractivity contribution is 6.32.